The average molecular weight is 578 g/mol. The zero-order valence-corrected chi connectivity index (χ0v) is 27.1. The molecule has 232 valence electrons. The van der Waals surface area contributed by atoms with Crippen LogP contribution in [-0.4, -0.2) is 63.8 Å². The molecule has 1 N–H and O–H groups in total. The molecule has 0 spiro atoms. The number of benzene rings is 2. The normalized spacial score (nSPS) is 11.7. The Morgan fingerprint density at radius 1 is 0.881 bits per heavy atom. The largest absolute Gasteiger partial charge is 0.339 e. The number of ketones is 1. The smallest absolute Gasteiger partial charge is 0.253 e. The minimum Gasteiger partial charge on any atom is -0.339 e. The molecule has 0 radical (unpaired) electrons. The standard InChI is InChI=1S/C35H53N5O2.H2/c1-8-20-38(10-3)21-11-22-40-32-25-29(34(42)39(23-18-26(4)5)24-19-27(6)7)14-17-31(32)37-35(40)36-30-15-12-28(13-16-30)33(41)9-2;/h12-17,25-27H,8-11,18-24H2,1-7H3,(H,36,37);1H. The first-order valence-electron chi connectivity index (χ1n) is 16.1. The van der Waals surface area contributed by atoms with Crippen LogP contribution in [0.2, 0.25) is 0 Å². The van der Waals surface area contributed by atoms with Crippen LogP contribution in [0.25, 0.3) is 11.0 Å². The summed E-state index contributed by atoms with van der Waals surface area (Å²) in [6.45, 7) is 20.6. The number of amides is 1. The maximum atomic E-state index is 13.8. The van der Waals surface area contributed by atoms with E-state index in [4.69, 9.17) is 4.98 Å². The van der Waals surface area contributed by atoms with Crippen LogP contribution < -0.4 is 5.32 Å². The second-order valence-corrected chi connectivity index (χ2v) is 12.2. The van der Waals surface area contributed by atoms with Crippen LogP contribution in [0.4, 0.5) is 11.6 Å². The zero-order chi connectivity index (χ0) is 30.6. The summed E-state index contributed by atoms with van der Waals surface area (Å²) in [5.41, 5.74) is 4.14. The topological polar surface area (TPSA) is 70.5 Å². The highest BCUT2D eigenvalue weighted by Gasteiger charge is 2.19. The second kappa shape index (κ2) is 16.4. The monoisotopic (exact) mass is 577 g/mol. The third kappa shape index (κ3) is 9.41. The average Bonchev–Trinajstić information content (AvgIpc) is 3.31. The van der Waals surface area contributed by atoms with Crippen molar-refractivity contribution in [1.82, 2.24) is 19.4 Å². The Morgan fingerprint density at radius 3 is 2.10 bits per heavy atom. The Balaban J connectivity index is 0.00000645. The summed E-state index contributed by atoms with van der Waals surface area (Å²) in [5.74, 6) is 2.06. The van der Waals surface area contributed by atoms with Crippen molar-refractivity contribution >= 4 is 34.4 Å². The van der Waals surface area contributed by atoms with Gasteiger partial charge in [-0.1, -0.05) is 48.5 Å². The van der Waals surface area contributed by atoms with Crippen LogP contribution in [0.3, 0.4) is 0 Å². The van der Waals surface area contributed by atoms with Gasteiger partial charge in [0.15, 0.2) is 5.78 Å². The number of rotatable bonds is 18. The molecule has 0 aliphatic heterocycles. The lowest BCUT2D eigenvalue weighted by Gasteiger charge is -2.25. The first kappa shape index (κ1) is 33.3. The van der Waals surface area contributed by atoms with Crippen LogP contribution >= 0.6 is 0 Å². The molecule has 0 unspecified atom stereocenters. The quantitative estimate of drug-likeness (QED) is 0.154. The van der Waals surface area contributed by atoms with E-state index in [0.717, 1.165) is 93.2 Å². The summed E-state index contributed by atoms with van der Waals surface area (Å²) in [5, 5.41) is 3.49. The van der Waals surface area contributed by atoms with Crippen molar-refractivity contribution in [2.75, 3.05) is 38.0 Å². The van der Waals surface area contributed by atoms with Crippen molar-refractivity contribution in [3.8, 4) is 0 Å². The molecule has 42 heavy (non-hydrogen) atoms. The number of carbonyl (C=O) groups excluding carboxylic acids is 2. The summed E-state index contributed by atoms with van der Waals surface area (Å²) in [6.07, 6.45) is 4.59. The van der Waals surface area contributed by atoms with Crippen molar-refractivity contribution < 1.29 is 11.0 Å². The number of aryl methyl sites for hydroxylation is 1. The molecule has 0 aliphatic carbocycles. The third-order valence-electron chi connectivity index (χ3n) is 7.86. The molecule has 2 aromatic carbocycles. The predicted octanol–water partition coefficient (Wildman–Crippen LogP) is 8.28. The second-order valence-electron chi connectivity index (χ2n) is 12.2. The molecule has 1 aromatic heterocycles. The summed E-state index contributed by atoms with van der Waals surface area (Å²) in [7, 11) is 0. The van der Waals surface area contributed by atoms with Gasteiger partial charge in [-0.3, -0.25) is 9.59 Å². The van der Waals surface area contributed by atoms with E-state index in [1.54, 1.807) is 0 Å². The number of imidazole rings is 1. The molecule has 0 fully saturated rings. The van der Waals surface area contributed by atoms with E-state index in [2.05, 4.69) is 56.3 Å². The van der Waals surface area contributed by atoms with Gasteiger partial charge in [-0.25, -0.2) is 4.98 Å². The van der Waals surface area contributed by atoms with E-state index in [0.29, 0.717) is 23.8 Å². The molecule has 7 nitrogen and oxygen atoms in total. The van der Waals surface area contributed by atoms with Gasteiger partial charge in [0.2, 0.25) is 5.95 Å². The molecule has 7 heteroatoms. The fourth-order valence-electron chi connectivity index (χ4n) is 5.17. The van der Waals surface area contributed by atoms with E-state index in [-0.39, 0.29) is 13.1 Å². The maximum absolute atomic E-state index is 13.8. The fourth-order valence-corrected chi connectivity index (χ4v) is 5.17. The Kier molecular flexibility index (Phi) is 13.0. The van der Waals surface area contributed by atoms with Crippen LogP contribution in [0, 0.1) is 11.8 Å². The number of carbonyl (C=O) groups is 2. The summed E-state index contributed by atoms with van der Waals surface area (Å²) >= 11 is 0. The van der Waals surface area contributed by atoms with Crippen molar-refractivity contribution in [3.05, 3.63) is 53.6 Å². The number of hydrogen-bond donors (Lipinski definition) is 1. The van der Waals surface area contributed by atoms with Crippen LogP contribution in [0.1, 0.15) is 103 Å². The SMILES string of the molecule is CCCN(CC)CCCn1c(Nc2ccc(C(=O)CC)cc2)nc2ccc(C(=O)N(CCC(C)C)CCC(C)C)cc21.[HH]. The summed E-state index contributed by atoms with van der Waals surface area (Å²) in [6, 6.07) is 13.5. The minimum absolute atomic E-state index is 0. The maximum Gasteiger partial charge on any atom is 0.253 e. The van der Waals surface area contributed by atoms with Crippen LogP contribution in [-0.2, 0) is 6.54 Å². The highest BCUT2D eigenvalue weighted by atomic mass is 16.2. The van der Waals surface area contributed by atoms with Gasteiger partial charge in [0.05, 0.1) is 11.0 Å². The van der Waals surface area contributed by atoms with Gasteiger partial charge < -0.3 is 19.7 Å². The molecule has 1 heterocycles. The van der Waals surface area contributed by atoms with Crippen molar-refractivity contribution in [2.24, 2.45) is 11.8 Å². The predicted molar refractivity (Wildman–Crippen MR) is 178 cm³/mol. The number of aromatic nitrogens is 2. The Morgan fingerprint density at radius 2 is 1.52 bits per heavy atom. The highest BCUT2D eigenvalue weighted by molar-refractivity contribution is 5.98. The Hall–Kier alpha value is -3.19. The fraction of sp³-hybridized carbons (Fsp3) is 0.571. The summed E-state index contributed by atoms with van der Waals surface area (Å²) in [4.78, 5) is 35.4. The van der Waals surface area contributed by atoms with Gasteiger partial charge in [-0.15, -0.1) is 0 Å². The van der Waals surface area contributed by atoms with E-state index < -0.39 is 0 Å². The molecule has 0 atom stereocenters. The van der Waals surface area contributed by atoms with E-state index in [1.165, 1.54) is 0 Å². The molecule has 1 amide bonds. The number of Topliss-reactive ketones (excluding diaryl/α,β-unsaturated/α-hetero) is 1. The van der Waals surface area contributed by atoms with E-state index >= 15 is 0 Å². The number of fused-ring (bicyclic) bond motifs is 1. The lowest BCUT2D eigenvalue weighted by Crippen LogP contribution is -2.34. The first-order valence-corrected chi connectivity index (χ1v) is 16.1. The van der Waals surface area contributed by atoms with Gasteiger partial charge in [0, 0.05) is 44.3 Å². The third-order valence-corrected chi connectivity index (χ3v) is 7.86. The first-order chi connectivity index (χ1) is 20.2. The van der Waals surface area contributed by atoms with Crippen molar-refractivity contribution in [2.45, 2.75) is 87.1 Å². The van der Waals surface area contributed by atoms with Gasteiger partial charge in [-0.2, -0.15) is 0 Å². The molecular formula is C35H55N5O2. The van der Waals surface area contributed by atoms with Crippen LogP contribution in [0.15, 0.2) is 42.5 Å². The van der Waals surface area contributed by atoms with E-state index in [1.807, 2.05) is 54.3 Å². The van der Waals surface area contributed by atoms with E-state index in [9.17, 15) is 9.59 Å². The van der Waals surface area contributed by atoms with Gasteiger partial charge in [-0.05, 0) is 99.6 Å². The lowest BCUT2D eigenvalue weighted by atomic mass is 10.1. The van der Waals surface area contributed by atoms with Gasteiger partial charge in [0.25, 0.3) is 5.91 Å². The Labute approximate surface area is 255 Å². The molecule has 0 aliphatic rings. The lowest BCUT2D eigenvalue weighted by molar-refractivity contribution is 0.0740. The molecule has 3 aromatic rings. The summed E-state index contributed by atoms with van der Waals surface area (Å²) < 4.78 is 2.21. The molecule has 0 bridgehead atoms. The molecule has 3 rings (SSSR count). The van der Waals surface area contributed by atoms with Gasteiger partial charge in [0.1, 0.15) is 0 Å². The Bertz CT molecular complexity index is 1270. The van der Waals surface area contributed by atoms with Crippen LogP contribution in [0.5, 0.6) is 0 Å². The highest BCUT2D eigenvalue weighted by Crippen LogP contribution is 2.26. The minimum atomic E-state index is 0. The molecule has 0 saturated heterocycles. The van der Waals surface area contributed by atoms with Crippen molar-refractivity contribution in [3.63, 3.8) is 0 Å². The molecular weight excluding hydrogens is 522 g/mol. The number of hydrogen-bond acceptors (Lipinski definition) is 5. The molecule has 0 saturated carbocycles. The van der Waals surface area contributed by atoms with Crippen molar-refractivity contribution in [1.29, 1.82) is 0 Å². The number of anilines is 2. The van der Waals surface area contributed by atoms with Gasteiger partial charge >= 0.3 is 0 Å². The number of nitrogens with one attached hydrogen (secondary N) is 1. The number of nitrogens with zero attached hydrogens (tertiary/aromatic N) is 4. The zero-order valence-electron chi connectivity index (χ0n) is 27.1.